The number of benzene rings is 2. The van der Waals surface area contributed by atoms with Crippen LogP contribution in [0, 0.1) is 0 Å². The number of phenols is 1. The Kier molecular flexibility index (Phi) is 4.74. The van der Waals surface area contributed by atoms with Gasteiger partial charge in [0.1, 0.15) is 5.75 Å². The van der Waals surface area contributed by atoms with Crippen LogP contribution in [0.1, 0.15) is 11.1 Å². The first-order valence-corrected chi connectivity index (χ1v) is 7.83. The lowest BCUT2D eigenvalue weighted by atomic mass is 10.1. The lowest BCUT2D eigenvalue weighted by Crippen LogP contribution is -2.02. The molecule has 23 heavy (non-hydrogen) atoms. The van der Waals surface area contributed by atoms with E-state index in [9.17, 15) is 5.11 Å². The van der Waals surface area contributed by atoms with Gasteiger partial charge in [-0.2, -0.15) is 0 Å². The van der Waals surface area contributed by atoms with Crippen molar-refractivity contribution >= 4 is 28.9 Å². The summed E-state index contributed by atoms with van der Waals surface area (Å²) in [5.74, 6) is 0.270. The Morgan fingerprint density at radius 2 is 2.00 bits per heavy atom. The number of aromatic nitrogens is 2. The fourth-order valence-corrected chi connectivity index (χ4v) is 2.76. The number of hydrogen-bond donors (Lipinski definition) is 2. The smallest absolute Gasteiger partial charge is 0.120 e. The lowest BCUT2D eigenvalue weighted by molar-refractivity contribution is 0.465. The van der Waals surface area contributed by atoms with Crippen molar-refractivity contribution in [3.05, 3.63) is 76.3 Å². The predicted octanol–water partition coefficient (Wildman–Crippen LogP) is 4.56. The van der Waals surface area contributed by atoms with E-state index in [4.69, 9.17) is 23.2 Å². The molecule has 0 aliphatic rings. The first-order chi connectivity index (χ1) is 11.1. The first kappa shape index (κ1) is 15.7. The topological polar surface area (TPSA) is 50.1 Å². The molecule has 2 aromatic carbocycles. The summed E-state index contributed by atoms with van der Waals surface area (Å²) in [4.78, 5) is 4.01. The van der Waals surface area contributed by atoms with Crippen LogP contribution >= 0.6 is 23.2 Å². The number of phenolic OH excluding ortho intramolecular Hbond substituents is 1. The van der Waals surface area contributed by atoms with Crippen LogP contribution in [-0.4, -0.2) is 14.7 Å². The fraction of sp³-hybridized carbons (Fsp3) is 0.118. The van der Waals surface area contributed by atoms with E-state index in [-0.39, 0.29) is 5.75 Å². The summed E-state index contributed by atoms with van der Waals surface area (Å²) < 4.78 is 1.91. The molecule has 1 aromatic heterocycles. The van der Waals surface area contributed by atoms with Crippen LogP contribution in [0.3, 0.4) is 0 Å². The summed E-state index contributed by atoms with van der Waals surface area (Å²) in [6, 6.07) is 10.9. The second-order valence-electron chi connectivity index (χ2n) is 5.18. The zero-order chi connectivity index (χ0) is 16.2. The Bertz CT molecular complexity index is 804. The lowest BCUT2D eigenvalue weighted by Gasteiger charge is -2.11. The van der Waals surface area contributed by atoms with Gasteiger partial charge in [-0.05, 0) is 35.9 Å². The molecule has 0 atom stereocenters. The molecule has 0 aliphatic carbocycles. The van der Waals surface area contributed by atoms with E-state index in [0.717, 1.165) is 16.8 Å². The average molecular weight is 348 g/mol. The van der Waals surface area contributed by atoms with Crippen LogP contribution in [0.4, 0.5) is 5.69 Å². The van der Waals surface area contributed by atoms with Crippen molar-refractivity contribution in [2.75, 3.05) is 5.32 Å². The summed E-state index contributed by atoms with van der Waals surface area (Å²) >= 11 is 12.0. The van der Waals surface area contributed by atoms with Gasteiger partial charge in [0.15, 0.2) is 0 Å². The molecule has 0 bridgehead atoms. The standard InChI is InChI=1S/C17H15Cl2N3O/c18-14-2-3-16(15(19)8-14)21-9-12-1-4-17(23)13(7-12)10-22-6-5-20-11-22/h1-8,11,21,23H,9-10H2. The Balaban J connectivity index is 1.73. The van der Waals surface area contributed by atoms with Gasteiger partial charge in [-0.15, -0.1) is 0 Å². The largest absolute Gasteiger partial charge is 0.508 e. The van der Waals surface area contributed by atoms with E-state index in [2.05, 4.69) is 10.3 Å². The molecule has 0 fully saturated rings. The molecule has 0 amide bonds. The second-order valence-corrected chi connectivity index (χ2v) is 6.02. The van der Waals surface area contributed by atoms with Gasteiger partial charge >= 0.3 is 0 Å². The molecule has 0 saturated heterocycles. The molecular weight excluding hydrogens is 333 g/mol. The number of nitrogens with one attached hydrogen (secondary N) is 1. The Morgan fingerprint density at radius 3 is 2.74 bits per heavy atom. The molecule has 3 aromatic rings. The summed E-state index contributed by atoms with van der Waals surface area (Å²) in [5, 5.41) is 14.5. The maximum atomic E-state index is 10.0. The number of anilines is 1. The second kappa shape index (κ2) is 6.94. The van der Waals surface area contributed by atoms with Crippen molar-refractivity contribution < 1.29 is 5.11 Å². The summed E-state index contributed by atoms with van der Waals surface area (Å²) in [7, 11) is 0. The van der Waals surface area contributed by atoms with Crippen molar-refractivity contribution in [2.24, 2.45) is 0 Å². The van der Waals surface area contributed by atoms with Gasteiger partial charge in [-0.3, -0.25) is 0 Å². The summed E-state index contributed by atoms with van der Waals surface area (Å²) in [6.07, 6.45) is 5.29. The van der Waals surface area contributed by atoms with E-state index in [1.165, 1.54) is 0 Å². The predicted molar refractivity (Wildman–Crippen MR) is 93.2 cm³/mol. The maximum absolute atomic E-state index is 10.0. The zero-order valence-electron chi connectivity index (χ0n) is 12.2. The quantitative estimate of drug-likeness (QED) is 0.711. The van der Waals surface area contributed by atoms with Crippen LogP contribution in [0.15, 0.2) is 55.1 Å². The number of rotatable bonds is 5. The molecule has 118 valence electrons. The highest BCUT2D eigenvalue weighted by atomic mass is 35.5. The fourth-order valence-electron chi connectivity index (χ4n) is 2.28. The van der Waals surface area contributed by atoms with Gasteiger partial charge in [-0.25, -0.2) is 4.98 Å². The van der Waals surface area contributed by atoms with E-state index in [1.807, 2.05) is 29.0 Å². The van der Waals surface area contributed by atoms with Crippen LogP contribution in [-0.2, 0) is 13.1 Å². The van der Waals surface area contributed by atoms with Gasteiger partial charge in [-0.1, -0.05) is 29.3 Å². The van der Waals surface area contributed by atoms with E-state index >= 15 is 0 Å². The third kappa shape index (κ3) is 3.97. The van der Waals surface area contributed by atoms with Crippen molar-refractivity contribution in [2.45, 2.75) is 13.1 Å². The Hall–Kier alpha value is -2.17. The SMILES string of the molecule is Oc1ccc(CNc2ccc(Cl)cc2Cl)cc1Cn1ccnc1. The summed E-state index contributed by atoms with van der Waals surface area (Å²) in [5.41, 5.74) is 2.70. The molecule has 3 rings (SSSR count). The highest BCUT2D eigenvalue weighted by molar-refractivity contribution is 6.36. The van der Waals surface area contributed by atoms with Crippen molar-refractivity contribution in [3.8, 4) is 5.75 Å². The van der Waals surface area contributed by atoms with E-state index < -0.39 is 0 Å². The molecule has 0 aliphatic heterocycles. The molecule has 6 heteroatoms. The number of hydrogen-bond acceptors (Lipinski definition) is 3. The van der Waals surface area contributed by atoms with Gasteiger partial charge < -0.3 is 15.0 Å². The highest BCUT2D eigenvalue weighted by Crippen LogP contribution is 2.26. The van der Waals surface area contributed by atoms with Gasteiger partial charge in [0.05, 0.1) is 23.6 Å². The number of aromatic hydroxyl groups is 1. The molecule has 0 spiro atoms. The highest BCUT2D eigenvalue weighted by Gasteiger charge is 2.05. The number of nitrogens with zero attached hydrogens (tertiary/aromatic N) is 2. The first-order valence-electron chi connectivity index (χ1n) is 7.07. The third-order valence-corrected chi connectivity index (χ3v) is 4.02. The van der Waals surface area contributed by atoms with Gasteiger partial charge in [0.2, 0.25) is 0 Å². The average Bonchev–Trinajstić information content (AvgIpc) is 3.02. The molecular formula is C17H15Cl2N3O. The maximum Gasteiger partial charge on any atom is 0.120 e. The Labute approximate surface area is 144 Å². The Morgan fingerprint density at radius 1 is 1.13 bits per heavy atom. The molecule has 1 heterocycles. The molecule has 0 radical (unpaired) electrons. The minimum Gasteiger partial charge on any atom is -0.508 e. The van der Waals surface area contributed by atoms with Crippen LogP contribution in [0.2, 0.25) is 10.0 Å². The van der Waals surface area contributed by atoms with Crippen LogP contribution in [0.5, 0.6) is 5.75 Å². The molecule has 4 nitrogen and oxygen atoms in total. The third-order valence-electron chi connectivity index (χ3n) is 3.47. The van der Waals surface area contributed by atoms with Gasteiger partial charge in [0, 0.05) is 29.5 Å². The normalized spacial score (nSPS) is 10.7. The van der Waals surface area contributed by atoms with E-state index in [1.54, 1.807) is 30.7 Å². The van der Waals surface area contributed by atoms with Crippen LogP contribution < -0.4 is 5.32 Å². The minimum absolute atomic E-state index is 0.270. The molecule has 0 saturated carbocycles. The minimum atomic E-state index is 0.270. The van der Waals surface area contributed by atoms with Crippen LogP contribution in [0.25, 0.3) is 0 Å². The van der Waals surface area contributed by atoms with Crippen molar-refractivity contribution in [3.63, 3.8) is 0 Å². The van der Waals surface area contributed by atoms with Crippen molar-refractivity contribution in [1.29, 1.82) is 0 Å². The molecule has 0 unspecified atom stereocenters. The number of halogens is 2. The monoisotopic (exact) mass is 347 g/mol. The van der Waals surface area contributed by atoms with Crippen molar-refractivity contribution in [1.82, 2.24) is 9.55 Å². The summed E-state index contributed by atoms with van der Waals surface area (Å²) in [6.45, 7) is 1.17. The van der Waals surface area contributed by atoms with Gasteiger partial charge in [0.25, 0.3) is 0 Å². The van der Waals surface area contributed by atoms with E-state index in [0.29, 0.717) is 23.1 Å². The molecule has 2 N–H and O–H groups in total. The zero-order valence-corrected chi connectivity index (χ0v) is 13.7. The number of imidazole rings is 1.